The number of carboxylic acid groups (broad SMARTS) is 1. The van der Waals surface area contributed by atoms with Gasteiger partial charge in [-0.3, -0.25) is 14.6 Å². The highest BCUT2D eigenvalue weighted by Crippen LogP contribution is 2.33. The molecule has 0 fully saturated rings. The highest BCUT2D eigenvalue weighted by atomic mass is 32.1. The molecule has 7 nitrogen and oxygen atoms in total. The second-order valence-electron chi connectivity index (χ2n) is 6.17. The molecule has 0 radical (unpaired) electrons. The number of carboxylic acids is 1. The monoisotopic (exact) mass is 420 g/mol. The Morgan fingerprint density at radius 1 is 1.24 bits per heavy atom. The second kappa shape index (κ2) is 6.92. The van der Waals surface area contributed by atoms with Crippen LogP contribution < -0.4 is 5.56 Å². The SMILES string of the molecule is O=C(O)Cc1nn(Cc2nc3cc(C(F)(F)F)ccc3s2)c(=O)c2ncccc12. The Labute approximate surface area is 164 Å². The van der Waals surface area contributed by atoms with Gasteiger partial charge < -0.3 is 5.11 Å². The summed E-state index contributed by atoms with van der Waals surface area (Å²) in [6, 6.07) is 6.39. The number of aliphatic carboxylic acids is 1. The highest BCUT2D eigenvalue weighted by Gasteiger charge is 2.30. The number of alkyl halides is 3. The van der Waals surface area contributed by atoms with Crippen LogP contribution in [0.2, 0.25) is 0 Å². The number of thiazole rings is 1. The third kappa shape index (κ3) is 3.68. The van der Waals surface area contributed by atoms with Gasteiger partial charge in [0.05, 0.1) is 34.4 Å². The van der Waals surface area contributed by atoms with Gasteiger partial charge >= 0.3 is 12.1 Å². The molecular formula is C18H11F3N4O3S. The van der Waals surface area contributed by atoms with Crippen molar-refractivity contribution < 1.29 is 23.1 Å². The summed E-state index contributed by atoms with van der Waals surface area (Å²) in [6.45, 7) is -0.112. The lowest BCUT2D eigenvalue weighted by atomic mass is 10.2. The molecule has 11 heteroatoms. The molecular weight excluding hydrogens is 409 g/mol. The van der Waals surface area contributed by atoms with E-state index in [9.17, 15) is 22.8 Å². The molecule has 4 rings (SSSR count). The number of benzene rings is 1. The molecule has 0 atom stereocenters. The van der Waals surface area contributed by atoms with Gasteiger partial charge in [-0.25, -0.2) is 9.67 Å². The number of hydrogen-bond donors (Lipinski definition) is 1. The van der Waals surface area contributed by atoms with Crippen molar-refractivity contribution in [2.75, 3.05) is 0 Å². The minimum Gasteiger partial charge on any atom is -0.481 e. The van der Waals surface area contributed by atoms with Crippen LogP contribution >= 0.6 is 11.3 Å². The van der Waals surface area contributed by atoms with E-state index in [1.54, 1.807) is 12.1 Å². The van der Waals surface area contributed by atoms with Gasteiger partial charge in [0.1, 0.15) is 10.5 Å². The van der Waals surface area contributed by atoms with Crippen molar-refractivity contribution in [3.05, 3.63) is 63.1 Å². The summed E-state index contributed by atoms with van der Waals surface area (Å²) in [5, 5.41) is 14.0. The summed E-state index contributed by atoms with van der Waals surface area (Å²) >= 11 is 1.13. The van der Waals surface area contributed by atoms with Gasteiger partial charge in [0, 0.05) is 11.6 Å². The standard InChI is InChI=1S/C18H11F3N4O3S/c19-18(20,21)9-3-4-13-12(6-9)23-14(29-13)8-25-17(28)16-10(2-1-5-22-16)11(24-25)7-15(26)27/h1-6H,7-8H2,(H,26,27). The van der Waals surface area contributed by atoms with Crippen molar-refractivity contribution in [1.82, 2.24) is 19.7 Å². The fourth-order valence-corrected chi connectivity index (χ4v) is 3.83. The third-order valence-electron chi connectivity index (χ3n) is 4.16. The summed E-state index contributed by atoms with van der Waals surface area (Å²) in [7, 11) is 0. The first-order valence-electron chi connectivity index (χ1n) is 8.25. The Balaban J connectivity index is 1.78. The van der Waals surface area contributed by atoms with E-state index in [0.29, 0.717) is 15.1 Å². The summed E-state index contributed by atoms with van der Waals surface area (Å²) in [4.78, 5) is 32.0. The quantitative estimate of drug-likeness (QED) is 0.545. The molecule has 0 saturated carbocycles. The van der Waals surface area contributed by atoms with Crippen LogP contribution in [0, 0.1) is 0 Å². The molecule has 1 aromatic carbocycles. The van der Waals surface area contributed by atoms with Crippen LogP contribution in [-0.2, 0) is 23.9 Å². The minimum atomic E-state index is -4.48. The maximum atomic E-state index is 12.9. The third-order valence-corrected chi connectivity index (χ3v) is 5.18. The van der Waals surface area contributed by atoms with E-state index in [0.717, 1.165) is 28.2 Å². The van der Waals surface area contributed by atoms with E-state index < -0.39 is 29.7 Å². The highest BCUT2D eigenvalue weighted by molar-refractivity contribution is 7.18. The molecule has 0 aliphatic rings. The number of carbonyl (C=O) groups is 1. The average molecular weight is 420 g/mol. The predicted octanol–water partition coefficient (Wildman–Crippen LogP) is 3.10. The van der Waals surface area contributed by atoms with E-state index in [2.05, 4.69) is 15.1 Å². The Bertz CT molecular complexity index is 1310. The number of rotatable bonds is 4. The van der Waals surface area contributed by atoms with E-state index in [-0.39, 0.29) is 23.3 Å². The van der Waals surface area contributed by atoms with Crippen LogP contribution in [0.4, 0.5) is 13.2 Å². The first kappa shape index (κ1) is 19.0. The Morgan fingerprint density at radius 3 is 2.76 bits per heavy atom. The summed E-state index contributed by atoms with van der Waals surface area (Å²) in [5.41, 5.74) is -0.946. The first-order valence-corrected chi connectivity index (χ1v) is 9.07. The van der Waals surface area contributed by atoms with Gasteiger partial charge in [-0.1, -0.05) is 0 Å². The van der Waals surface area contributed by atoms with Crippen LogP contribution in [0.25, 0.3) is 21.1 Å². The lowest BCUT2D eigenvalue weighted by Crippen LogP contribution is -2.26. The number of pyridine rings is 1. The number of nitrogens with zero attached hydrogens (tertiary/aromatic N) is 4. The van der Waals surface area contributed by atoms with Gasteiger partial charge in [0.15, 0.2) is 0 Å². The van der Waals surface area contributed by atoms with Crippen molar-refractivity contribution in [1.29, 1.82) is 0 Å². The summed E-state index contributed by atoms with van der Waals surface area (Å²) in [6.07, 6.45) is -3.47. The van der Waals surface area contributed by atoms with E-state index >= 15 is 0 Å². The topological polar surface area (TPSA) is 98.0 Å². The normalized spacial score (nSPS) is 12.0. The van der Waals surface area contributed by atoms with E-state index in [4.69, 9.17) is 5.11 Å². The van der Waals surface area contributed by atoms with Gasteiger partial charge in [-0.15, -0.1) is 11.3 Å². The van der Waals surface area contributed by atoms with Gasteiger partial charge in [0.2, 0.25) is 0 Å². The Kier molecular flexibility index (Phi) is 4.53. The molecule has 0 spiro atoms. The van der Waals surface area contributed by atoms with Crippen molar-refractivity contribution in [3.63, 3.8) is 0 Å². The lowest BCUT2D eigenvalue weighted by Gasteiger charge is -2.08. The van der Waals surface area contributed by atoms with Crippen LogP contribution in [0.5, 0.6) is 0 Å². The molecule has 0 bridgehead atoms. The summed E-state index contributed by atoms with van der Waals surface area (Å²) in [5.74, 6) is -1.12. The zero-order chi connectivity index (χ0) is 20.8. The maximum absolute atomic E-state index is 12.9. The number of halogens is 3. The van der Waals surface area contributed by atoms with Crippen LogP contribution in [0.15, 0.2) is 41.3 Å². The molecule has 1 N–H and O–H groups in total. The largest absolute Gasteiger partial charge is 0.481 e. The smallest absolute Gasteiger partial charge is 0.416 e. The zero-order valence-corrected chi connectivity index (χ0v) is 15.3. The van der Waals surface area contributed by atoms with Crippen molar-refractivity contribution in [2.45, 2.75) is 19.1 Å². The van der Waals surface area contributed by atoms with Crippen molar-refractivity contribution >= 4 is 38.4 Å². The minimum absolute atomic E-state index is 0.0687. The van der Waals surface area contributed by atoms with E-state index in [1.807, 2.05) is 0 Å². The Morgan fingerprint density at radius 2 is 2.03 bits per heavy atom. The maximum Gasteiger partial charge on any atom is 0.416 e. The second-order valence-corrected chi connectivity index (χ2v) is 7.28. The number of aromatic nitrogens is 4. The number of hydrogen-bond acceptors (Lipinski definition) is 6. The molecule has 3 aromatic heterocycles. The molecule has 3 heterocycles. The predicted molar refractivity (Wildman–Crippen MR) is 98.9 cm³/mol. The zero-order valence-electron chi connectivity index (χ0n) is 14.5. The molecule has 29 heavy (non-hydrogen) atoms. The van der Waals surface area contributed by atoms with Crippen molar-refractivity contribution in [3.8, 4) is 0 Å². The number of fused-ring (bicyclic) bond motifs is 2. The molecule has 0 aliphatic carbocycles. The molecule has 0 saturated heterocycles. The van der Waals surface area contributed by atoms with Gasteiger partial charge in [-0.2, -0.15) is 18.3 Å². The van der Waals surface area contributed by atoms with Gasteiger partial charge in [-0.05, 0) is 30.3 Å². The van der Waals surface area contributed by atoms with E-state index in [1.165, 1.54) is 12.3 Å². The fraction of sp³-hybridized carbons (Fsp3) is 0.167. The lowest BCUT2D eigenvalue weighted by molar-refractivity contribution is -0.138. The molecule has 0 unspecified atom stereocenters. The Hall–Kier alpha value is -3.34. The molecule has 0 amide bonds. The first-order chi connectivity index (χ1) is 13.7. The van der Waals surface area contributed by atoms with Crippen LogP contribution in [0.1, 0.15) is 16.3 Å². The average Bonchev–Trinajstić information content (AvgIpc) is 3.06. The molecule has 148 valence electrons. The van der Waals surface area contributed by atoms with Gasteiger partial charge in [0.25, 0.3) is 5.56 Å². The molecule has 0 aliphatic heterocycles. The fourth-order valence-electron chi connectivity index (χ4n) is 2.90. The van der Waals surface area contributed by atoms with Crippen LogP contribution in [0.3, 0.4) is 0 Å². The molecule has 4 aromatic rings. The van der Waals surface area contributed by atoms with Crippen LogP contribution in [-0.4, -0.2) is 30.8 Å². The van der Waals surface area contributed by atoms with Crippen molar-refractivity contribution in [2.24, 2.45) is 0 Å². The summed E-state index contributed by atoms with van der Waals surface area (Å²) < 4.78 is 40.2.